The summed E-state index contributed by atoms with van der Waals surface area (Å²) in [5, 5.41) is 10.8. The standard InChI is InChI=1S/C30H38N6O3S3/c1-19(2)32-28(40)34-22-9-7-21(8-10-22)27-31-18-26(41-27)24-12-11-23(33-20(3)37)17-25(24)42-36-15-13-35(14-16-36)29(38)39-30(4,5)6/h7-12,17-19H,13-16H2,1-6H3,(H,33,37)(H2,32,34,40). The van der Waals surface area contributed by atoms with Gasteiger partial charge in [0, 0.05) is 72.7 Å². The molecule has 0 spiro atoms. The van der Waals surface area contributed by atoms with E-state index in [0.29, 0.717) is 31.3 Å². The summed E-state index contributed by atoms with van der Waals surface area (Å²) in [7, 11) is 0. The molecule has 9 nitrogen and oxygen atoms in total. The number of carbonyl (C=O) groups excluding carboxylic acids is 2. The van der Waals surface area contributed by atoms with Gasteiger partial charge >= 0.3 is 6.09 Å². The molecule has 0 unspecified atom stereocenters. The predicted molar refractivity (Wildman–Crippen MR) is 177 cm³/mol. The number of anilines is 2. The Labute approximate surface area is 261 Å². The van der Waals surface area contributed by atoms with Gasteiger partial charge in [-0.3, -0.25) is 4.79 Å². The Morgan fingerprint density at radius 1 is 1.02 bits per heavy atom. The van der Waals surface area contributed by atoms with Crippen LogP contribution in [0.15, 0.2) is 53.6 Å². The second-order valence-electron chi connectivity index (χ2n) is 11.2. The molecule has 0 bridgehead atoms. The molecule has 1 aromatic heterocycles. The highest BCUT2D eigenvalue weighted by Crippen LogP contribution is 2.40. The number of rotatable bonds is 7. The van der Waals surface area contributed by atoms with Crippen molar-refractivity contribution in [2.24, 2.45) is 0 Å². The Balaban J connectivity index is 1.49. The third kappa shape index (κ3) is 9.15. The van der Waals surface area contributed by atoms with Crippen molar-refractivity contribution in [1.82, 2.24) is 19.5 Å². The highest BCUT2D eigenvalue weighted by atomic mass is 32.2. The number of nitrogens with zero attached hydrogens (tertiary/aromatic N) is 3. The van der Waals surface area contributed by atoms with Gasteiger partial charge in [-0.2, -0.15) is 0 Å². The second-order valence-corrected chi connectivity index (χ2v) is 13.8. The normalized spacial score (nSPS) is 14.0. The molecule has 0 atom stereocenters. The zero-order valence-corrected chi connectivity index (χ0v) is 27.3. The van der Waals surface area contributed by atoms with E-state index in [1.54, 1.807) is 28.2 Å². The number of ether oxygens (including phenoxy) is 1. The zero-order valence-electron chi connectivity index (χ0n) is 24.8. The van der Waals surface area contributed by atoms with Gasteiger partial charge in [0.1, 0.15) is 10.6 Å². The van der Waals surface area contributed by atoms with Crippen LogP contribution >= 0.6 is 35.5 Å². The summed E-state index contributed by atoms with van der Waals surface area (Å²) >= 11 is 8.59. The Morgan fingerprint density at radius 3 is 2.31 bits per heavy atom. The van der Waals surface area contributed by atoms with Crippen molar-refractivity contribution in [3.8, 4) is 21.0 Å². The van der Waals surface area contributed by atoms with Crippen molar-refractivity contribution in [3.63, 3.8) is 0 Å². The number of hydrogen-bond acceptors (Lipinski definition) is 8. The maximum absolute atomic E-state index is 12.5. The molecule has 1 aliphatic rings. The first-order valence-corrected chi connectivity index (χ1v) is 15.8. The number of benzene rings is 2. The fourth-order valence-corrected chi connectivity index (χ4v) is 6.63. The van der Waals surface area contributed by atoms with Gasteiger partial charge in [-0.15, -0.1) is 11.3 Å². The zero-order chi connectivity index (χ0) is 30.4. The van der Waals surface area contributed by atoms with E-state index in [1.807, 2.05) is 83.3 Å². The van der Waals surface area contributed by atoms with E-state index in [4.69, 9.17) is 21.9 Å². The molecule has 12 heteroatoms. The first-order valence-electron chi connectivity index (χ1n) is 13.8. The number of nitrogens with one attached hydrogen (secondary N) is 3. The van der Waals surface area contributed by atoms with E-state index in [-0.39, 0.29) is 18.0 Å². The Hall–Kier alpha value is -3.19. The lowest BCUT2D eigenvalue weighted by Crippen LogP contribution is -2.47. The van der Waals surface area contributed by atoms with Crippen LogP contribution in [0, 0.1) is 0 Å². The second kappa shape index (κ2) is 13.9. The molecule has 42 heavy (non-hydrogen) atoms. The number of piperazine rings is 1. The molecule has 0 aliphatic carbocycles. The van der Waals surface area contributed by atoms with E-state index >= 15 is 0 Å². The number of thiocarbonyl (C=S) groups is 1. The van der Waals surface area contributed by atoms with Crippen molar-refractivity contribution < 1.29 is 14.3 Å². The summed E-state index contributed by atoms with van der Waals surface area (Å²) in [5.41, 5.74) is 3.18. The molecule has 4 rings (SSSR count). The van der Waals surface area contributed by atoms with Gasteiger partial charge in [-0.1, -0.05) is 6.07 Å². The molecule has 2 heterocycles. The topological polar surface area (TPSA) is 98.8 Å². The minimum atomic E-state index is -0.521. The van der Waals surface area contributed by atoms with Gasteiger partial charge in [0.25, 0.3) is 0 Å². The molecule has 2 amide bonds. The average molecular weight is 627 g/mol. The van der Waals surface area contributed by atoms with Crippen molar-refractivity contribution in [2.75, 3.05) is 36.8 Å². The summed E-state index contributed by atoms with van der Waals surface area (Å²) in [4.78, 5) is 32.8. The molecular formula is C30H38N6O3S3. The van der Waals surface area contributed by atoms with E-state index < -0.39 is 5.60 Å². The van der Waals surface area contributed by atoms with Gasteiger partial charge in [0.05, 0.1) is 4.88 Å². The maximum atomic E-state index is 12.5. The summed E-state index contributed by atoms with van der Waals surface area (Å²) in [6.45, 7) is 13.8. The monoisotopic (exact) mass is 626 g/mol. The minimum absolute atomic E-state index is 0.122. The molecule has 1 aliphatic heterocycles. The van der Waals surface area contributed by atoms with Gasteiger partial charge in [0.15, 0.2) is 5.11 Å². The van der Waals surface area contributed by atoms with Crippen LogP contribution in [-0.2, 0) is 9.53 Å². The van der Waals surface area contributed by atoms with Crippen LogP contribution in [0.4, 0.5) is 16.2 Å². The molecule has 1 fully saturated rings. The lowest BCUT2D eigenvalue weighted by molar-refractivity contribution is -0.114. The first-order chi connectivity index (χ1) is 19.9. The quantitative estimate of drug-likeness (QED) is 0.196. The van der Waals surface area contributed by atoms with Crippen LogP contribution in [0.25, 0.3) is 21.0 Å². The smallest absolute Gasteiger partial charge is 0.410 e. The average Bonchev–Trinajstić information content (AvgIpc) is 3.38. The summed E-state index contributed by atoms with van der Waals surface area (Å²) in [6, 6.07) is 14.2. The third-order valence-electron chi connectivity index (χ3n) is 6.00. The maximum Gasteiger partial charge on any atom is 0.410 e. The Bertz CT molecular complexity index is 1410. The van der Waals surface area contributed by atoms with Crippen LogP contribution in [0.5, 0.6) is 0 Å². The molecule has 2 aromatic carbocycles. The first kappa shape index (κ1) is 31.7. The van der Waals surface area contributed by atoms with Crippen molar-refractivity contribution >= 4 is 64.0 Å². The molecule has 3 aromatic rings. The van der Waals surface area contributed by atoms with Crippen LogP contribution in [0.3, 0.4) is 0 Å². The van der Waals surface area contributed by atoms with E-state index in [9.17, 15) is 9.59 Å². The van der Waals surface area contributed by atoms with Gasteiger partial charge < -0.3 is 25.6 Å². The number of thiazole rings is 1. The predicted octanol–water partition coefficient (Wildman–Crippen LogP) is 6.69. The Morgan fingerprint density at radius 2 is 1.69 bits per heavy atom. The molecular weight excluding hydrogens is 589 g/mol. The highest BCUT2D eigenvalue weighted by Gasteiger charge is 2.27. The highest BCUT2D eigenvalue weighted by molar-refractivity contribution is 7.97. The number of aromatic nitrogens is 1. The largest absolute Gasteiger partial charge is 0.444 e. The molecule has 0 radical (unpaired) electrons. The van der Waals surface area contributed by atoms with E-state index in [1.165, 1.54) is 6.92 Å². The van der Waals surface area contributed by atoms with Crippen LogP contribution in [0.2, 0.25) is 0 Å². The van der Waals surface area contributed by atoms with E-state index in [0.717, 1.165) is 37.3 Å². The lowest BCUT2D eigenvalue weighted by atomic mass is 10.2. The van der Waals surface area contributed by atoms with Gasteiger partial charge in [-0.05, 0) is 95.2 Å². The minimum Gasteiger partial charge on any atom is -0.444 e. The van der Waals surface area contributed by atoms with E-state index in [2.05, 4.69) is 20.3 Å². The molecule has 1 saturated heterocycles. The van der Waals surface area contributed by atoms with Crippen molar-refractivity contribution in [2.45, 2.75) is 58.1 Å². The SMILES string of the molecule is CC(=O)Nc1ccc(-c2cnc(-c3ccc(NC(=S)NC(C)C)cc3)s2)c(SN2CCN(C(=O)OC(C)(C)C)CC2)c1. The van der Waals surface area contributed by atoms with Crippen molar-refractivity contribution in [3.05, 3.63) is 48.7 Å². The van der Waals surface area contributed by atoms with Crippen LogP contribution in [0.1, 0.15) is 41.5 Å². The van der Waals surface area contributed by atoms with Gasteiger partial charge in [-0.25, -0.2) is 14.1 Å². The molecule has 0 saturated carbocycles. The lowest BCUT2D eigenvalue weighted by Gasteiger charge is -2.35. The molecule has 3 N–H and O–H groups in total. The Kier molecular flexibility index (Phi) is 10.5. The number of amides is 2. The molecule has 224 valence electrons. The van der Waals surface area contributed by atoms with Crippen LogP contribution in [-0.4, -0.2) is 69.1 Å². The summed E-state index contributed by atoms with van der Waals surface area (Å²) < 4.78 is 7.78. The van der Waals surface area contributed by atoms with Gasteiger partial charge in [0.2, 0.25) is 5.91 Å². The summed E-state index contributed by atoms with van der Waals surface area (Å²) in [6.07, 6.45) is 1.61. The fraction of sp³-hybridized carbons (Fsp3) is 0.400. The third-order valence-corrected chi connectivity index (χ3v) is 8.46. The van der Waals surface area contributed by atoms with Crippen LogP contribution < -0.4 is 16.0 Å². The number of hydrogen-bond donors (Lipinski definition) is 3. The van der Waals surface area contributed by atoms with Crippen molar-refractivity contribution in [1.29, 1.82) is 0 Å². The fourth-order valence-electron chi connectivity index (χ4n) is 4.17. The summed E-state index contributed by atoms with van der Waals surface area (Å²) in [5.74, 6) is -0.122. The number of carbonyl (C=O) groups is 2.